The zero-order chi connectivity index (χ0) is 17.6. The van der Waals surface area contributed by atoms with Crippen LogP contribution in [-0.2, 0) is 17.8 Å². The van der Waals surface area contributed by atoms with Gasteiger partial charge in [0.1, 0.15) is 5.75 Å². The summed E-state index contributed by atoms with van der Waals surface area (Å²) in [4.78, 5) is 25.5. The molecular formula is C21H23NO3. The van der Waals surface area contributed by atoms with Gasteiger partial charge in [-0.2, -0.15) is 0 Å². The van der Waals surface area contributed by atoms with E-state index in [2.05, 4.69) is 18.2 Å². The summed E-state index contributed by atoms with van der Waals surface area (Å²) in [6, 6.07) is 15.4. The van der Waals surface area contributed by atoms with E-state index in [1.165, 1.54) is 11.1 Å². The Labute approximate surface area is 148 Å². The monoisotopic (exact) mass is 337 g/mol. The summed E-state index contributed by atoms with van der Waals surface area (Å²) in [5, 5.41) is 0. The topological polar surface area (TPSA) is 46.6 Å². The van der Waals surface area contributed by atoms with E-state index in [4.69, 9.17) is 4.74 Å². The van der Waals surface area contributed by atoms with Crippen LogP contribution in [0.1, 0.15) is 41.3 Å². The number of hydrogen-bond acceptors (Lipinski definition) is 3. The van der Waals surface area contributed by atoms with Crippen LogP contribution in [0.15, 0.2) is 48.5 Å². The Kier molecular flexibility index (Phi) is 5.49. The molecule has 2 aromatic carbocycles. The first kappa shape index (κ1) is 17.2. The zero-order valence-electron chi connectivity index (χ0n) is 14.5. The molecule has 0 fully saturated rings. The lowest BCUT2D eigenvalue weighted by Gasteiger charge is -2.29. The van der Waals surface area contributed by atoms with Gasteiger partial charge in [0.2, 0.25) is 5.91 Å². The Morgan fingerprint density at radius 2 is 1.76 bits per heavy atom. The molecule has 25 heavy (non-hydrogen) atoms. The molecule has 0 unspecified atom stereocenters. The normalized spacial score (nSPS) is 13.2. The minimum atomic E-state index is 0.0419. The van der Waals surface area contributed by atoms with Gasteiger partial charge in [-0.3, -0.25) is 9.59 Å². The molecule has 1 heterocycles. The molecule has 1 aliphatic heterocycles. The van der Waals surface area contributed by atoms with Gasteiger partial charge in [0.25, 0.3) is 0 Å². The quantitative estimate of drug-likeness (QED) is 0.597. The number of carbonyl (C=O) groups excluding carboxylic acids is 2. The number of hydrogen-bond donors (Lipinski definition) is 0. The van der Waals surface area contributed by atoms with Gasteiger partial charge >= 0.3 is 0 Å². The van der Waals surface area contributed by atoms with Crippen molar-refractivity contribution in [2.24, 2.45) is 0 Å². The molecule has 2 aromatic rings. The smallest absolute Gasteiger partial charge is 0.223 e. The highest BCUT2D eigenvalue weighted by molar-refractivity contribution is 5.94. The lowest BCUT2D eigenvalue weighted by molar-refractivity contribution is -0.132. The van der Waals surface area contributed by atoms with Crippen LogP contribution in [0.2, 0.25) is 0 Å². The number of nitrogens with zero attached hydrogens (tertiary/aromatic N) is 1. The van der Waals surface area contributed by atoms with Crippen molar-refractivity contribution in [3.8, 4) is 5.75 Å². The number of rotatable bonds is 6. The standard InChI is InChI=1S/C21H23NO3/c1-16(23)17-8-10-20(11-9-17)25-14-4-7-21(24)22-13-12-18-5-2-3-6-19(18)15-22/h2-3,5-6,8-11H,4,7,12-15H2,1H3. The van der Waals surface area contributed by atoms with E-state index in [-0.39, 0.29) is 11.7 Å². The predicted molar refractivity (Wildman–Crippen MR) is 96.7 cm³/mol. The molecule has 0 bridgehead atoms. The molecule has 0 radical (unpaired) electrons. The maximum atomic E-state index is 12.4. The fourth-order valence-corrected chi connectivity index (χ4v) is 3.07. The highest BCUT2D eigenvalue weighted by Gasteiger charge is 2.19. The molecular weight excluding hydrogens is 314 g/mol. The molecule has 0 aromatic heterocycles. The van der Waals surface area contributed by atoms with E-state index in [9.17, 15) is 9.59 Å². The van der Waals surface area contributed by atoms with Crippen LogP contribution in [0.25, 0.3) is 0 Å². The van der Waals surface area contributed by atoms with Crippen molar-refractivity contribution in [3.05, 3.63) is 65.2 Å². The number of carbonyl (C=O) groups is 2. The number of benzene rings is 2. The molecule has 0 saturated carbocycles. The summed E-state index contributed by atoms with van der Waals surface area (Å²) in [5.74, 6) is 0.953. The van der Waals surface area contributed by atoms with Crippen molar-refractivity contribution in [2.45, 2.75) is 32.7 Å². The highest BCUT2D eigenvalue weighted by Crippen LogP contribution is 2.19. The summed E-state index contributed by atoms with van der Waals surface area (Å²) in [5.41, 5.74) is 3.28. The number of amides is 1. The van der Waals surface area contributed by atoms with Gasteiger partial charge in [0.15, 0.2) is 5.78 Å². The molecule has 3 rings (SSSR count). The summed E-state index contributed by atoms with van der Waals surface area (Å²) in [6.07, 6.45) is 2.11. The Balaban J connectivity index is 1.42. The van der Waals surface area contributed by atoms with Gasteiger partial charge in [-0.05, 0) is 55.2 Å². The molecule has 4 heteroatoms. The number of ketones is 1. The van der Waals surface area contributed by atoms with E-state index in [0.29, 0.717) is 31.6 Å². The maximum absolute atomic E-state index is 12.4. The average molecular weight is 337 g/mol. The van der Waals surface area contributed by atoms with E-state index in [1.807, 2.05) is 11.0 Å². The summed E-state index contributed by atoms with van der Waals surface area (Å²) in [6.45, 7) is 3.54. The van der Waals surface area contributed by atoms with Gasteiger partial charge in [-0.25, -0.2) is 0 Å². The minimum absolute atomic E-state index is 0.0419. The summed E-state index contributed by atoms with van der Waals surface area (Å²) >= 11 is 0. The van der Waals surface area contributed by atoms with Crippen LogP contribution >= 0.6 is 0 Å². The van der Waals surface area contributed by atoms with Crippen molar-refractivity contribution in [1.29, 1.82) is 0 Å². The van der Waals surface area contributed by atoms with Gasteiger partial charge in [-0.15, -0.1) is 0 Å². The Morgan fingerprint density at radius 1 is 1.04 bits per heavy atom. The first-order chi connectivity index (χ1) is 12.1. The predicted octanol–water partition coefficient (Wildman–Crippen LogP) is 3.63. The van der Waals surface area contributed by atoms with Crippen LogP contribution < -0.4 is 4.74 Å². The first-order valence-corrected chi connectivity index (χ1v) is 8.72. The summed E-state index contributed by atoms with van der Waals surface area (Å²) in [7, 11) is 0. The largest absolute Gasteiger partial charge is 0.494 e. The van der Waals surface area contributed by atoms with Crippen molar-refractivity contribution >= 4 is 11.7 Å². The van der Waals surface area contributed by atoms with Crippen LogP contribution in [0.5, 0.6) is 5.75 Å². The van der Waals surface area contributed by atoms with Crippen LogP contribution in [0.4, 0.5) is 0 Å². The van der Waals surface area contributed by atoms with Crippen molar-refractivity contribution < 1.29 is 14.3 Å². The molecule has 130 valence electrons. The van der Waals surface area contributed by atoms with E-state index in [0.717, 1.165) is 18.7 Å². The fourth-order valence-electron chi connectivity index (χ4n) is 3.07. The lowest BCUT2D eigenvalue weighted by Crippen LogP contribution is -2.35. The van der Waals surface area contributed by atoms with Crippen molar-refractivity contribution in [1.82, 2.24) is 4.90 Å². The molecule has 0 saturated heterocycles. The van der Waals surface area contributed by atoms with Crippen LogP contribution in [0.3, 0.4) is 0 Å². The van der Waals surface area contributed by atoms with Crippen molar-refractivity contribution in [2.75, 3.05) is 13.2 Å². The van der Waals surface area contributed by atoms with E-state index >= 15 is 0 Å². The van der Waals surface area contributed by atoms with E-state index in [1.54, 1.807) is 31.2 Å². The molecule has 0 aliphatic carbocycles. The van der Waals surface area contributed by atoms with Gasteiger partial charge in [0.05, 0.1) is 6.61 Å². The number of fused-ring (bicyclic) bond motifs is 1. The zero-order valence-corrected chi connectivity index (χ0v) is 14.5. The SMILES string of the molecule is CC(=O)c1ccc(OCCCC(=O)N2CCc3ccccc3C2)cc1. The molecule has 0 N–H and O–H groups in total. The van der Waals surface area contributed by atoms with Gasteiger partial charge in [-0.1, -0.05) is 24.3 Å². The Morgan fingerprint density at radius 3 is 2.48 bits per heavy atom. The third-order valence-corrected chi connectivity index (χ3v) is 4.55. The second-order valence-corrected chi connectivity index (χ2v) is 6.37. The molecule has 0 atom stereocenters. The number of Topliss-reactive ketones (excluding diaryl/α,β-unsaturated/α-hetero) is 1. The van der Waals surface area contributed by atoms with Crippen LogP contribution in [0, 0.1) is 0 Å². The Hall–Kier alpha value is -2.62. The molecule has 0 spiro atoms. The third-order valence-electron chi connectivity index (χ3n) is 4.55. The second-order valence-electron chi connectivity index (χ2n) is 6.37. The molecule has 4 nitrogen and oxygen atoms in total. The highest BCUT2D eigenvalue weighted by atomic mass is 16.5. The first-order valence-electron chi connectivity index (χ1n) is 8.72. The van der Waals surface area contributed by atoms with Crippen LogP contribution in [-0.4, -0.2) is 29.7 Å². The Bertz CT molecular complexity index is 752. The minimum Gasteiger partial charge on any atom is -0.494 e. The molecule has 1 amide bonds. The maximum Gasteiger partial charge on any atom is 0.223 e. The van der Waals surface area contributed by atoms with Gasteiger partial charge in [0, 0.05) is 25.1 Å². The third kappa shape index (κ3) is 4.47. The number of ether oxygens (including phenoxy) is 1. The average Bonchev–Trinajstić information content (AvgIpc) is 2.65. The van der Waals surface area contributed by atoms with E-state index < -0.39 is 0 Å². The lowest BCUT2D eigenvalue weighted by atomic mass is 9.99. The second kappa shape index (κ2) is 7.97. The fraction of sp³-hybridized carbons (Fsp3) is 0.333. The summed E-state index contributed by atoms with van der Waals surface area (Å²) < 4.78 is 5.65. The molecule has 1 aliphatic rings. The van der Waals surface area contributed by atoms with Crippen molar-refractivity contribution in [3.63, 3.8) is 0 Å². The van der Waals surface area contributed by atoms with Gasteiger partial charge < -0.3 is 9.64 Å².